The predicted molar refractivity (Wildman–Crippen MR) is 129 cm³/mol. The zero-order valence-corrected chi connectivity index (χ0v) is 19.5. The Morgan fingerprint density at radius 3 is 1.91 bits per heavy atom. The van der Waals surface area contributed by atoms with Crippen molar-refractivity contribution < 1.29 is 19.1 Å². The van der Waals surface area contributed by atoms with Crippen molar-refractivity contribution in [3.05, 3.63) is 107 Å². The highest BCUT2D eigenvalue weighted by Crippen LogP contribution is 2.51. The van der Waals surface area contributed by atoms with Crippen LogP contribution in [0, 0.1) is 12.8 Å². The predicted octanol–water partition coefficient (Wildman–Crippen LogP) is 3.88. The summed E-state index contributed by atoms with van der Waals surface area (Å²) in [6.45, 7) is 1.95. The van der Waals surface area contributed by atoms with Crippen LogP contribution in [0.5, 0.6) is 0 Å². The number of methoxy groups -OCH3 is 1. The summed E-state index contributed by atoms with van der Waals surface area (Å²) in [5.41, 5.74) is 3.05. The molecule has 1 heterocycles. The molecule has 1 aliphatic heterocycles. The first-order valence-electron chi connectivity index (χ1n) is 11.3. The fraction of sp³-hybridized carbons (Fsp3) is 0.250. The fourth-order valence-electron chi connectivity index (χ4n) is 4.94. The van der Waals surface area contributed by atoms with Crippen molar-refractivity contribution in [3.8, 4) is 0 Å². The van der Waals surface area contributed by atoms with Gasteiger partial charge in [-0.3, -0.25) is 14.4 Å². The van der Waals surface area contributed by atoms with Gasteiger partial charge >= 0.3 is 5.97 Å². The van der Waals surface area contributed by atoms with E-state index in [1.165, 1.54) is 7.11 Å². The van der Waals surface area contributed by atoms with Gasteiger partial charge in [0.2, 0.25) is 5.91 Å². The number of likely N-dealkylation sites (tertiary alicyclic amines) is 1. The summed E-state index contributed by atoms with van der Waals surface area (Å²) >= 11 is 0. The summed E-state index contributed by atoms with van der Waals surface area (Å²) in [5.74, 6) is -2.47. The number of rotatable bonds is 5. The quantitative estimate of drug-likeness (QED) is 0.592. The molecule has 1 fully saturated rings. The number of nitrogens with zero attached hydrogens (tertiary/aromatic N) is 1. The van der Waals surface area contributed by atoms with E-state index >= 15 is 0 Å². The van der Waals surface area contributed by atoms with Crippen LogP contribution >= 0.6 is 0 Å². The molecule has 174 valence electrons. The second-order valence-corrected chi connectivity index (χ2v) is 8.48. The average Bonchev–Trinajstić information content (AvgIpc) is 3.25. The molecule has 6 nitrogen and oxygen atoms in total. The Balaban J connectivity index is 1.97. The second kappa shape index (κ2) is 9.91. The third-order valence-corrected chi connectivity index (χ3v) is 6.51. The largest absolute Gasteiger partial charge is 0.469 e. The number of likely N-dealkylation sites (N-methyl/N-ethyl adjacent to an activating group) is 1. The molecule has 1 saturated heterocycles. The number of ether oxygens (including phenoxy) is 1. The van der Waals surface area contributed by atoms with E-state index in [2.05, 4.69) is 5.32 Å². The lowest BCUT2D eigenvalue weighted by Crippen LogP contribution is -2.47. The molecular weight excluding hydrogens is 428 g/mol. The van der Waals surface area contributed by atoms with E-state index in [4.69, 9.17) is 4.74 Å². The van der Waals surface area contributed by atoms with Crippen LogP contribution in [0.1, 0.15) is 39.0 Å². The van der Waals surface area contributed by atoms with Crippen molar-refractivity contribution in [1.29, 1.82) is 0 Å². The number of amides is 2. The Labute approximate surface area is 199 Å². The molecule has 0 aromatic heterocycles. The van der Waals surface area contributed by atoms with E-state index in [0.29, 0.717) is 5.56 Å². The molecular formula is C28H28N2O4. The van der Waals surface area contributed by atoms with Crippen molar-refractivity contribution in [2.24, 2.45) is 5.92 Å². The summed E-state index contributed by atoms with van der Waals surface area (Å²) in [6.07, 6.45) is 0. The lowest BCUT2D eigenvalue weighted by molar-refractivity contribution is -0.146. The van der Waals surface area contributed by atoms with Gasteiger partial charge in [-0.25, -0.2) is 0 Å². The van der Waals surface area contributed by atoms with Crippen LogP contribution in [0.3, 0.4) is 0 Å². The third-order valence-electron chi connectivity index (χ3n) is 6.51. The first kappa shape index (κ1) is 23.2. The summed E-state index contributed by atoms with van der Waals surface area (Å²) in [4.78, 5) is 42.2. The number of carbonyl (C=O) groups excluding carboxylic acids is 3. The minimum Gasteiger partial charge on any atom is -0.469 e. The molecule has 1 N–H and O–H groups in total. The number of hydrogen-bond donors (Lipinski definition) is 1. The van der Waals surface area contributed by atoms with E-state index in [-0.39, 0.29) is 11.8 Å². The lowest BCUT2D eigenvalue weighted by Gasteiger charge is -2.31. The molecule has 0 saturated carbocycles. The van der Waals surface area contributed by atoms with Crippen molar-refractivity contribution >= 4 is 17.8 Å². The highest BCUT2D eigenvalue weighted by molar-refractivity contribution is 6.00. The van der Waals surface area contributed by atoms with Gasteiger partial charge in [-0.1, -0.05) is 78.4 Å². The Morgan fingerprint density at radius 1 is 0.824 bits per heavy atom. The highest BCUT2D eigenvalue weighted by Gasteiger charge is 2.57. The molecule has 0 bridgehead atoms. The number of benzene rings is 3. The molecule has 3 aromatic carbocycles. The lowest BCUT2D eigenvalue weighted by atomic mass is 9.80. The van der Waals surface area contributed by atoms with Gasteiger partial charge in [-0.15, -0.1) is 0 Å². The van der Waals surface area contributed by atoms with Gasteiger partial charge in [-0.05, 0) is 30.2 Å². The number of aryl methyl sites for hydroxylation is 1. The third kappa shape index (κ3) is 4.19. The van der Waals surface area contributed by atoms with E-state index in [9.17, 15) is 14.4 Å². The maximum Gasteiger partial charge on any atom is 0.311 e. The maximum absolute atomic E-state index is 14.0. The first-order chi connectivity index (χ1) is 16.5. The Hall–Kier alpha value is -3.93. The fourth-order valence-corrected chi connectivity index (χ4v) is 4.94. The van der Waals surface area contributed by atoms with Gasteiger partial charge in [0.25, 0.3) is 5.91 Å². The first-order valence-corrected chi connectivity index (χ1v) is 11.3. The molecule has 0 radical (unpaired) electrons. The molecule has 4 rings (SSSR count). The smallest absolute Gasteiger partial charge is 0.311 e. The molecule has 3 aromatic rings. The van der Waals surface area contributed by atoms with Crippen molar-refractivity contribution in [2.45, 2.75) is 24.9 Å². The summed E-state index contributed by atoms with van der Waals surface area (Å²) in [5, 5.41) is 2.72. The minimum atomic E-state index is -0.907. The van der Waals surface area contributed by atoms with Crippen molar-refractivity contribution in [1.82, 2.24) is 10.2 Å². The van der Waals surface area contributed by atoms with Crippen LogP contribution in [-0.4, -0.2) is 42.9 Å². The summed E-state index contributed by atoms with van der Waals surface area (Å²) in [6, 6.07) is 24.4. The Morgan fingerprint density at radius 2 is 1.38 bits per heavy atom. The summed E-state index contributed by atoms with van der Waals surface area (Å²) < 4.78 is 5.24. The number of esters is 1. The van der Waals surface area contributed by atoms with Crippen LogP contribution in [0.4, 0.5) is 0 Å². The molecule has 34 heavy (non-hydrogen) atoms. The Bertz CT molecular complexity index is 1160. The van der Waals surface area contributed by atoms with Gasteiger partial charge in [-0.2, -0.15) is 0 Å². The molecule has 0 aliphatic carbocycles. The molecule has 0 spiro atoms. The van der Waals surface area contributed by atoms with Crippen molar-refractivity contribution in [3.63, 3.8) is 0 Å². The van der Waals surface area contributed by atoms with Crippen LogP contribution in [0.25, 0.3) is 0 Å². The topological polar surface area (TPSA) is 75.7 Å². The second-order valence-electron chi connectivity index (χ2n) is 8.48. The van der Waals surface area contributed by atoms with Crippen LogP contribution in [-0.2, 0) is 14.3 Å². The average molecular weight is 457 g/mol. The number of hydrogen-bond acceptors (Lipinski definition) is 4. The van der Waals surface area contributed by atoms with Gasteiger partial charge in [0.1, 0.15) is 6.04 Å². The highest BCUT2D eigenvalue weighted by atomic mass is 16.5. The molecule has 2 amide bonds. The summed E-state index contributed by atoms with van der Waals surface area (Å²) in [7, 11) is 2.88. The standard InChI is InChI=1S/C28H28N2O4/c1-18-14-16-21(17-15-18)27(32)30-24(20-12-8-5-9-13-20)23(28(33)34-3)22(25(30)26(31)29-2)19-10-6-4-7-11-19/h4-17,22-25H,1-3H3,(H,29,31). The van der Waals surface area contributed by atoms with E-state index in [1.54, 1.807) is 24.1 Å². The van der Waals surface area contributed by atoms with Crippen LogP contribution in [0.2, 0.25) is 0 Å². The van der Waals surface area contributed by atoms with Crippen LogP contribution in [0.15, 0.2) is 84.9 Å². The zero-order chi connectivity index (χ0) is 24.2. The normalized spacial score (nSPS) is 21.7. The van der Waals surface area contributed by atoms with E-state index in [1.807, 2.05) is 79.7 Å². The molecule has 4 atom stereocenters. The van der Waals surface area contributed by atoms with Crippen LogP contribution < -0.4 is 5.32 Å². The molecule has 4 unspecified atom stereocenters. The van der Waals surface area contributed by atoms with E-state index in [0.717, 1.165) is 16.7 Å². The monoisotopic (exact) mass is 456 g/mol. The maximum atomic E-state index is 14.0. The van der Waals surface area contributed by atoms with E-state index < -0.39 is 29.9 Å². The number of carbonyl (C=O) groups is 3. The van der Waals surface area contributed by atoms with Gasteiger partial charge in [0.05, 0.1) is 19.1 Å². The van der Waals surface area contributed by atoms with Gasteiger partial charge < -0.3 is 15.0 Å². The Kier molecular flexibility index (Phi) is 6.77. The van der Waals surface area contributed by atoms with Crippen molar-refractivity contribution in [2.75, 3.05) is 14.2 Å². The SMILES string of the molecule is CNC(=O)C1C(c2ccccc2)C(C(=O)OC)C(c2ccccc2)N1C(=O)c1ccc(C)cc1. The molecule has 1 aliphatic rings. The minimum absolute atomic E-state index is 0.310. The van der Waals surface area contributed by atoms with Gasteiger partial charge in [0.15, 0.2) is 0 Å². The molecule has 6 heteroatoms. The number of nitrogens with one attached hydrogen (secondary N) is 1. The van der Waals surface area contributed by atoms with Gasteiger partial charge in [0, 0.05) is 18.5 Å². The zero-order valence-electron chi connectivity index (χ0n) is 19.5.